The zero-order valence-electron chi connectivity index (χ0n) is 8.03. The SMILES string of the molecule is O=C1CN(C(=O)c2ccc(Br)s2)CC(=O)N1. The van der Waals surface area contributed by atoms with E-state index in [1.165, 1.54) is 16.2 Å². The van der Waals surface area contributed by atoms with Crippen molar-refractivity contribution in [2.45, 2.75) is 0 Å². The van der Waals surface area contributed by atoms with Crippen molar-refractivity contribution in [2.24, 2.45) is 0 Å². The van der Waals surface area contributed by atoms with E-state index in [1.54, 1.807) is 12.1 Å². The highest BCUT2D eigenvalue weighted by atomic mass is 79.9. The number of hydrogen-bond acceptors (Lipinski definition) is 4. The largest absolute Gasteiger partial charge is 0.319 e. The lowest BCUT2D eigenvalue weighted by Gasteiger charge is -2.24. The minimum absolute atomic E-state index is 0.0694. The first-order valence-electron chi connectivity index (χ1n) is 4.43. The molecule has 1 N–H and O–H groups in total. The van der Waals surface area contributed by atoms with Crippen molar-refractivity contribution in [1.29, 1.82) is 0 Å². The van der Waals surface area contributed by atoms with Crippen LogP contribution in [0.4, 0.5) is 0 Å². The summed E-state index contributed by atoms with van der Waals surface area (Å²) in [5, 5.41) is 2.14. The fraction of sp³-hybridized carbons (Fsp3) is 0.222. The summed E-state index contributed by atoms with van der Waals surface area (Å²) in [6, 6.07) is 3.41. The summed E-state index contributed by atoms with van der Waals surface area (Å²) in [7, 11) is 0. The number of imide groups is 1. The van der Waals surface area contributed by atoms with Gasteiger partial charge in [-0.25, -0.2) is 0 Å². The van der Waals surface area contributed by atoms with Crippen LogP contribution in [0.1, 0.15) is 9.67 Å². The Morgan fingerprint density at radius 1 is 1.31 bits per heavy atom. The van der Waals surface area contributed by atoms with E-state index in [2.05, 4.69) is 21.2 Å². The maximum atomic E-state index is 11.9. The van der Waals surface area contributed by atoms with Gasteiger partial charge >= 0.3 is 0 Å². The van der Waals surface area contributed by atoms with E-state index in [0.717, 1.165) is 3.79 Å². The van der Waals surface area contributed by atoms with Gasteiger partial charge < -0.3 is 4.90 Å². The first-order valence-corrected chi connectivity index (χ1v) is 6.04. The molecule has 1 fully saturated rings. The maximum Gasteiger partial charge on any atom is 0.264 e. The number of nitrogens with one attached hydrogen (secondary N) is 1. The van der Waals surface area contributed by atoms with Crippen molar-refractivity contribution in [3.63, 3.8) is 0 Å². The van der Waals surface area contributed by atoms with Crippen molar-refractivity contribution in [3.05, 3.63) is 20.8 Å². The third kappa shape index (κ3) is 2.30. The van der Waals surface area contributed by atoms with Crippen LogP contribution in [0.2, 0.25) is 0 Å². The summed E-state index contributed by atoms with van der Waals surface area (Å²) >= 11 is 4.52. The second kappa shape index (κ2) is 4.34. The molecule has 84 valence electrons. The number of rotatable bonds is 1. The fourth-order valence-corrected chi connectivity index (χ4v) is 2.72. The molecule has 5 nitrogen and oxygen atoms in total. The first-order chi connectivity index (χ1) is 7.56. The minimum Gasteiger partial charge on any atom is -0.319 e. The predicted molar refractivity (Wildman–Crippen MR) is 61.1 cm³/mol. The van der Waals surface area contributed by atoms with Crippen molar-refractivity contribution in [2.75, 3.05) is 13.1 Å². The molecule has 1 aliphatic heterocycles. The molecule has 1 aromatic heterocycles. The number of nitrogens with zero attached hydrogens (tertiary/aromatic N) is 1. The van der Waals surface area contributed by atoms with Crippen LogP contribution in [0.5, 0.6) is 0 Å². The molecule has 16 heavy (non-hydrogen) atoms. The van der Waals surface area contributed by atoms with E-state index >= 15 is 0 Å². The van der Waals surface area contributed by atoms with Gasteiger partial charge in [0.1, 0.15) is 13.1 Å². The molecule has 0 atom stereocenters. The highest BCUT2D eigenvalue weighted by Gasteiger charge is 2.27. The lowest BCUT2D eigenvalue weighted by atomic mass is 10.3. The van der Waals surface area contributed by atoms with Gasteiger partial charge in [0.25, 0.3) is 5.91 Å². The monoisotopic (exact) mass is 302 g/mol. The summed E-state index contributed by atoms with van der Waals surface area (Å²) in [5.74, 6) is -1.18. The number of halogens is 1. The molecule has 2 heterocycles. The van der Waals surface area contributed by atoms with Crippen LogP contribution >= 0.6 is 27.3 Å². The topological polar surface area (TPSA) is 66.5 Å². The normalized spacial score (nSPS) is 16.2. The number of hydrogen-bond donors (Lipinski definition) is 1. The molecule has 0 saturated carbocycles. The third-order valence-corrected chi connectivity index (χ3v) is 3.63. The predicted octanol–water partition coefficient (Wildman–Crippen LogP) is 0.609. The summed E-state index contributed by atoms with van der Waals surface area (Å²) in [6.45, 7) is -0.139. The summed E-state index contributed by atoms with van der Waals surface area (Å²) in [6.07, 6.45) is 0. The van der Waals surface area contributed by atoms with Crippen LogP contribution in [-0.2, 0) is 9.59 Å². The lowest BCUT2D eigenvalue weighted by molar-refractivity contribution is -0.135. The molecule has 0 unspecified atom stereocenters. The zero-order valence-corrected chi connectivity index (χ0v) is 10.4. The van der Waals surface area contributed by atoms with Gasteiger partial charge in [0, 0.05) is 0 Å². The third-order valence-electron chi connectivity index (χ3n) is 2.02. The van der Waals surface area contributed by atoms with Gasteiger partial charge in [0.15, 0.2) is 0 Å². The summed E-state index contributed by atoms with van der Waals surface area (Å²) in [4.78, 5) is 35.8. The quantitative estimate of drug-likeness (QED) is 0.773. The van der Waals surface area contributed by atoms with Gasteiger partial charge in [-0.15, -0.1) is 11.3 Å². The second-order valence-corrected chi connectivity index (χ2v) is 5.70. The first kappa shape index (κ1) is 11.3. The Morgan fingerprint density at radius 3 is 2.44 bits per heavy atom. The smallest absolute Gasteiger partial charge is 0.264 e. The van der Waals surface area contributed by atoms with Crippen LogP contribution in [-0.4, -0.2) is 35.7 Å². The summed E-state index contributed by atoms with van der Waals surface area (Å²) < 4.78 is 0.837. The highest BCUT2D eigenvalue weighted by molar-refractivity contribution is 9.11. The Hall–Kier alpha value is -1.21. The molecule has 0 aromatic carbocycles. The number of amides is 3. The van der Waals surface area contributed by atoms with Crippen molar-refractivity contribution >= 4 is 45.0 Å². The Bertz CT molecular complexity index is 455. The minimum atomic E-state index is -0.444. The molecule has 2 rings (SSSR count). The average Bonchev–Trinajstić information content (AvgIpc) is 2.62. The van der Waals surface area contributed by atoms with Crippen LogP contribution in [0.15, 0.2) is 15.9 Å². The van der Waals surface area contributed by atoms with Gasteiger partial charge in [-0.1, -0.05) is 0 Å². The molecule has 3 amide bonds. The van der Waals surface area contributed by atoms with E-state index in [-0.39, 0.29) is 19.0 Å². The molecular formula is C9H7BrN2O3S. The molecule has 0 bridgehead atoms. The van der Waals surface area contributed by atoms with Gasteiger partial charge in [0.05, 0.1) is 8.66 Å². The highest BCUT2D eigenvalue weighted by Crippen LogP contribution is 2.23. The van der Waals surface area contributed by atoms with Crippen molar-refractivity contribution in [1.82, 2.24) is 10.2 Å². The van der Waals surface area contributed by atoms with Crippen LogP contribution in [0.25, 0.3) is 0 Å². The van der Waals surface area contributed by atoms with E-state index < -0.39 is 11.8 Å². The molecule has 0 spiro atoms. The van der Waals surface area contributed by atoms with Crippen LogP contribution in [0, 0.1) is 0 Å². The van der Waals surface area contributed by atoms with Crippen molar-refractivity contribution in [3.8, 4) is 0 Å². The van der Waals surface area contributed by atoms with Gasteiger partial charge in [-0.3, -0.25) is 19.7 Å². The number of carbonyl (C=O) groups is 3. The summed E-state index contributed by atoms with van der Waals surface area (Å²) in [5.41, 5.74) is 0. The van der Waals surface area contributed by atoms with E-state index in [9.17, 15) is 14.4 Å². The lowest BCUT2D eigenvalue weighted by Crippen LogP contribution is -2.53. The van der Waals surface area contributed by atoms with Gasteiger partial charge in [-0.05, 0) is 28.1 Å². The zero-order chi connectivity index (χ0) is 11.7. The van der Waals surface area contributed by atoms with Crippen LogP contribution < -0.4 is 5.32 Å². The fourth-order valence-electron chi connectivity index (χ4n) is 1.37. The number of piperazine rings is 1. The molecule has 0 radical (unpaired) electrons. The molecule has 7 heteroatoms. The van der Waals surface area contributed by atoms with Crippen LogP contribution in [0.3, 0.4) is 0 Å². The second-order valence-electron chi connectivity index (χ2n) is 3.24. The Labute approximate surface area is 104 Å². The Morgan fingerprint density at radius 2 is 1.94 bits per heavy atom. The van der Waals surface area contributed by atoms with Gasteiger partial charge in [0.2, 0.25) is 11.8 Å². The Balaban J connectivity index is 2.15. The molecule has 0 aliphatic carbocycles. The average molecular weight is 303 g/mol. The molecular weight excluding hydrogens is 296 g/mol. The standard InChI is InChI=1S/C9H7BrN2O3S/c10-6-2-1-5(16-6)9(15)12-3-7(13)11-8(14)4-12/h1-2H,3-4H2,(H,11,13,14). The number of thiophene rings is 1. The number of carbonyl (C=O) groups excluding carboxylic acids is 3. The van der Waals surface area contributed by atoms with Crippen molar-refractivity contribution < 1.29 is 14.4 Å². The van der Waals surface area contributed by atoms with E-state index in [0.29, 0.717) is 4.88 Å². The molecule has 1 saturated heterocycles. The van der Waals surface area contributed by atoms with E-state index in [4.69, 9.17) is 0 Å². The maximum absolute atomic E-state index is 11.9. The Kier molecular flexibility index (Phi) is 3.06. The molecule has 1 aliphatic rings. The van der Waals surface area contributed by atoms with Gasteiger partial charge in [-0.2, -0.15) is 0 Å². The van der Waals surface area contributed by atoms with E-state index in [1.807, 2.05) is 0 Å². The molecule has 1 aromatic rings.